The van der Waals surface area contributed by atoms with Gasteiger partial charge in [-0.1, -0.05) is 36.4 Å². The van der Waals surface area contributed by atoms with Gasteiger partial charge in [0, 0.05) is 12.6 Å². The van der Waals surface area contributed by atoms with Gasteiger partial charge in [0.25, 0.3) is 0 Å². The van der Waals surface area contributed by atoms with Crippen LogP contribution in [0.5, 0.6) is 0 Å². The van der Waals surface area contributed by atoms with Crippen molar-refractivity contribution < 1.29 is 4.79 Å². The molecule has 1 atom stereocenters. The Balaban J connectivity index is 1.51. The number of hydrogen-bond donors (Lipinski definition) is 1. The smallest absolute Gasteiger partial charge is 0.168 e. The minimum Gasteiger partial charge on any atom is -0.361 e. The Labute approximate surface area is 165 Å². The highest BCUT2D eigenvalue weighted by Gasteiger charge is 2.36. The zero-order valence-corrected chi connectivity index (χ0v) is 16.4. The Morgan fingerprint density at radius 2 is 1.96 bits per heavy atom. The highest BCUT2D eigenvalue weighted by Crippen LogP contribution is 2.39. The van der Waals surface area contributed by atoms with Gasteiger partial charge in [-0.2, -0.15) is 5.10 Å². The lowest BCUT2D eigenvalue weighted by Gasteiger charge is -2.37. The molecule has 3 heterocycles. The molecule has 0 saturated heterocycles. The SMILES string of the molecule is CC1(C)CC(c2ccccn2)Nc2c(C(=O)CCCc3ccccc3)cnn21. The quantitative estimate of drug-likeness (QED) is 0.631. The lowest BCUT2D eigenvalue weighted by molar-refractivity contribution is 0.0980. The van der Waals surface area contributed by atoms with Crippen LogP contribution in [0.15, 0.2) is 60.9 Å². The van der Waals surface area contributed by atoms with Gasteiger partial charge in [0.2, 0.25) is 0 Å². The van der Waals surface area contributed by atoms with Crippen molar-refractivity contribution in [3.63, 3.8) is 0 Å². The normalized spacial score (nSPS) is 17.6. The zero-order chi connectivity index (χ0) is 19.6. The molecule has 5 heteroatoms. The van der Waals surface area contributed by atoms with E-state index in [1.165, 1.54) is 5.56 Å². The molecule has 0 radical (unpaired) electrons. The lowest BCUT2D eigenvalue weighted by Crippen LogP contribution is -2.38. The molecule has 2 aromatic heterocycles. The van der Waals surface area contributed by atoms with Crippen molar-refractivity contribution in [1.82, 2.24) is 14.8 Å². The van der Waals surface area contributed by atoms with E-state index < -0.39 is 0 Å². The van der Waals surface area contributed by atoms with Gasteiger partial charge < -0.3 is 5.32 Å². The first kappa shape index (κ1) is 18.4. The van der Waals surface area contributed by atoms with Gasteiger partial charge in [-0.25, -0.2) is 4.68 Å². The van der Waals surface area contributed by atoms with Gasteiger partial charge in [0.05, 0.1) is 29.0 Å². The van der Waals surface area contributed by atoms with E-state index >= 15 is 0 Å². The minimum atomic E-state index is -0.189. The molecular formula is C23H26N4O. The Morgan fingerprint density at radius 3 is 2.71 bits per heavy atom. The van der Waals surface area contributed by atoms with E-state index in [2.05, 4.69) is 41.4 Å². The highest BCUT2D eigenvalue weighted by molar-refractivity contribution is 6.00. The second kappa shape index (κ2) is 7.58. The van der Waals surface area contributed by atoms with Crippen LogP contribution in [0.4, 0.5) is 5.82 Å². The molecule has 0 aliphatic carbocycles. The van der Waals surface area contributed by atoms with Gasteiger partial charge >= 0.3 is 0 Å². The van der Waals surface area contributed by atoms with Crippen LogP contribution in [0.3, 0.4) is 0 Å². The summed E-state index contributed by atoms with van der Waals surface area (Å²) in [6, 6.07) is 16.3. The molecule has 1 aliphatic heterocycles. The number of ketones is 1. The average Bonchev–Trinajstić information content (AvgIpc) is 3.14. The Hall–Kier alpha value is -2.95. The molecule has 5 nitrogen and oxygen atoms in total. The number of fused-ring (bicyclic) bond motifs is 1. The van der Waals surface area contributed by atoms with Crippen LogP contribution < -0.4 is 5.32 Å². The van der Waals surface area contributed by atoms with E-state index in [1.54, 1.807) is 6.20 Å². The molecule has 1 unspecified atom stereocenters. The monoisotopic (exact) mass is 374 g/mol. The fourth-order valence-corrected chi connectivity index (χ4v) is 3.95. The summed E-state index contributed by atoms with van der Waals surface area (Å²) in [5.41, 5.74) is 2.75. The number of rotatable bonds is 6. The molecule has 0 bridgehead atoms. The van der Waals surface area contributed by atoms with Crippen LogP contribution >= 0.6 is 0 Å². The molecule has 1 N–H and O–H groups in total. The minimum absolute atomic E-state index is 0.0660. The molecule has 0 spiro atoms. The molecule has 1 aliphatic rings. The van der Waals surface area contributed by atoms with Crippen molar-refractivity contribution >= 4 is 11.6 Å². The van der Waals surface area contributed by atoms with Crippen molar-refractivity contribution in [2.24, 2.45) is 0 Å². The van der Waals surface area contributed by atoms with E-state index in [0.29, 0.717) is 12.0 Å². The number of aromatic nitrogens is 3. The second-order valence-corrected chi connectivity index (χ2v) is 8.05. The standard InChI is InChI=1S/C23H26N4O/c1-23(2)15-20(19-12-6-7-14-24-19)26-22-18(16-25-27(22)23)21(28)13-8-11-17-9-4-3-5-10-17/h3-7,9-10,12,14,16,20,26H,8,11,13,15H2,1-2H3. The van der Waals surface area contributed by atoms with Crippen molar-refractivity contribution in [3.05, 3.63) is 77.7 Å². The molecule has 0 fully saturated rings. The van der Waals surface area contributed by atoms with Crippen LogP contribution in [0, 0.1) is 0 Å². The molecule has 0 amide bonds. The van der Waals surface area contributed by atoms with Crippen molar-refractivity contribution in [2.45, 2.75) is 51.1 Å². The Kier molecular flexibility index (Phi) is 4.99. The third kappa shape index (κ3) is 3.70. The van der Waals surface area contributed by atoms with Crippen LogP contribution in [0.1, 0.15) is 60.8 Å². The maximum atomic E-state index is 12.9. The fourth-order valence-electron chi connectivity index (χ4n) is 3.95. The van der Waals surface area contributed by atoms with E-state index in [0.717, 1.165) is 30.8 Å². The summed E-state index contributed by atoms with van der Waals surface area (Å²) in [4.78, 5) is 17.4. The number of nitrogens with one attached hydrogen (secondary N) is 1. The first-order valence-electron chi connectivity index (χ1n) is 9.88. The van der Waals surface area contributed by atoms with E-state index in [1.807, 2.05) is 47.3 Å². The summed E-state index contributed by atoms with van der Waals surface area (Å²) in [5, 5.41) is 8.06. The van der Waals surface area contributed by atoms with Crippen molar-refractivity contribution in [3.8, 4) is 0 Å². The molecule has 0 saturated carbocycles. The predicted octanol–water partition coefficient (Wildman–Crippen LogP) is 4.78. The van der Waals surface area contributed by atoms with Crippen LogP contribution in [-0.2, 0) is 12.0 Å². The highest BCUT2D eigenvalue weighted by atomic mass is 16.1. The topological polar surface area (TPSA) is 59.8 Å². The third-order valence-corrected chi connectivity index (χ3v) is 5.41. The lowest BCUT2D eigenvalue weighted by atomic mass is 9.90. The number of nitrogens with zero attached hydrogens (tertiary/aromatic N) is 3. The van der Waals surface area contributed by atoms with Gasteiger partial charge in [0.15, 0.2) is 5.78 Å². The van der Waals surface area contributed by atoms with Gasteiger partial charge in [0.1, 0.15) is 5.82 Å². The number of aryl methyl sites for hydroxylation is 1. The maximum Gasteiger partial charge on any atom is 0.168 e. The van der Waals surface area contributed by atoms with Crippen LogP contribution in [-0.4, -0.2) is 20.5 Å². The maximum absolute atomic E-state index is 12.9. The summed E-state index contributed by atoms with van der Waals surface area (Å²) < 4.78 is 1.96. The summed E-state index contributed by atoms with van der Waals surface area (Å²) in [5.74, 6) is 0.957. The van der Waals surface area contributed by atoms with Crippen molar-refractivity contribution in [1.29, 1.82) is 0 Å². The van der Waals surface area contributed by atoms with Gasteiger partial charge in [-0.05, 0) is 50.8 Å². The number of benzene rings is 1. The van der Waals surface area contributed by atoms with E-state index in [4.69, 9.17) is 0 Å². The summed E-state index contributed by atoms with van der Waals surface area (Å²) in [7, 11) is 0. The number of carbonyl (C=O) groups is 1. The van der Waals surface area contributed by atoms with E-state index in [-0.39, 0.29) is 17.4 Å². The first-order chi connectivity index (χ1) is 13.5. The summed E-state index contributed by atoms with van der Waals surface area (Å²) >= 11 is 0. The number of pyridine rings is 1. The number of Topliss-reactive ketones (excluding diaryl/α,β-unsaturated/α-hetero) is 1. The third-order valence-electron chi connectivity index (χ3n) is 5.41. The number of hydrogen-bond acceptors (Lipinski definition) is 4. The first-order valence-corrected chi connectivity index (χ1v) is 9.88. The number of carbonyl (C=O) groups excluding carboxylic acids is 1. The second-order valence-electron chi connectivity index (χ2n) is 8.05. The van der Waals surface area contributed by atoms with Crippen molar-refractivity contribution in [2.75, 3.05) is 5.32 Å². The van der Waals surface area contributed by atoms with E-state index in [9.17, 15) is 4.79 Å². The molecule has 3 aromatic rings. The largest absolute Gasteiger partial charge is 0.361 e. The predicted molar refractivity (Wildman–Crippen MR) is 110 cm³/mol. The van der Waals surface area contributed by atoms with Gasteiger partial charge in [-0.15, -0.1) is 0 Å². The van der Waals surface area contributed by atoms with Gasteiger partial charge in [-0.3, -0.25) is 9.78 Å². The van der Waals surface area contributed by atoms with Crippen LogP contribution in [0.2, 0.25) is 0 Å². The molecule has 144 valence electrons. The molecule has 28 heavy (non-hydrogen) atoms. The molecular weight excluding hydrogens is 348 g/mol. The Morgan fingerprint density at radius 1 is 1.18 bits per heavy atom. The molecule has 1 aromatic carbocycles. The Bertz CT molecular complexity index is 947. The average molecular weight is 374 g/mol. The number of anilines is 1. The summed E-state index contributed by atoms with van der Waals surface area (Å²) in [6.45, 7) is 4.31. The zero-order valence-electron chi connectivity index (χ0n) is 16.4. The molecule has 4 rings (SSSR count). The fraction of sp³-hybridized carbons (Fsp3) is 0.348. The summed E-state index contributed by atoms with van der Waals surface area (Å²) in [6.07, 6.45) is 6.65. The van der Waals surface area contributed by atoms with Crippen LogP contribution in [0.25, 0.3) is 0 Å².